The van der Waals surface area contributed by atoms with Crippen LogP contribution in [0.5, 0.6) is 17.2 Å². The van der Waals surface area contributed by atoms with E-state index >= 15 is 0 Å². The van der Waals surface area contributed by atoms with E-state index in [0.717, 1.165) is 11.1 Å². The number of phenolic OH excluding ortho intramolecular Hbond substituents is 2. The van der Waals surface area contributed by atoms with Crippen LogP contribution in [-0.2, 0) is 12.8 Å². The maximum atomic E-state index is 12.1. The Morgan fingerprint density at radius 1 is 1.14 bits per heavy atom. The first-order valence-corrected chi connectivity index (χ1v) is 9.89. The van der Waals surface area contributed by atoms with E-state index < -0.39 is 24.1 Å². The number of carbonyl (C=O) groups excluding carboxylic acids is 1. The number of fused-ring (bicyclic) bond motifs is 1. The van der Waals surface area contributed by atoms with Crippen molar-refractivity contribution in [3.05, 3.63) is 40.0 Å². The molecular weight excluding hydrogens is 372 g/mol. The molecule has 1 aromatic carbocycles. The second kappa shape index (κ2) is 9.01. The minimum atomic E-state index is -1.16. The van der Waals surface area contributed by atoms with E-state index in [0.29, 0.717) is 36.1 Å². The monoisotopic (exact) mass is 404 g/mol. The van der Waals surface area contributed by atoms with Gasteiger partial charge in [-0.2, -0.15) is 0 Å². The summed E-state index contributed by atoms with van der Waals surface area (Å²) in [4.78, 5) is 12.1. The molecule has 1 aromatic rings. The van der Waals surface area contributed by atoms with Crippen molar-refractivity contribution < 1.29 is 30.0 Å². The van der Waals surface area contributed by atoms with Gasteiger partial charge in [-0.3, -0.25) is 4.79 Å². The molecule has 0 aliphatic carbocycles. The van der Waals surface area contributed by atoms with Crippen molar-refractivity contribution in [2.45, 2.75) is 72.0 Å². The van der Waals surface area contributed by atoms with Gasteiger partial charge in [-0.15, -0.1) is 0 Å². The van der Waals surface area contributed by atoms with E-state index in [1.54, 1.807) is 6.92 Å². The molecular formula is C23H32O6. The van der Waals surface area contributed by atoms with Gasteiger partial charge in [0.15, 0.2) is 5.78 Å². The Morgan fingerprint density at radius 3 is 2.31 bits per heavy atom. The van der Waals surface area contributed by atoms with Crippen molar-refractivity contribution in [2.75, 3.05) is 6.61 Å². The zero-order chi connectivity index (χ0) is 21.9. The number of ketones is 1. The second-order valence-electron chi connectivity index (χ2n) is 8.41. The number of benzene rings is 1. The van der Waals surface area contributed by atoms with Gasteiger partial charge in [0.1, 0.15) is 35.5 Å². The summed E-state index contributed by atoms with van der Waals surface area (Å²) in [6.45, 7) is 8.67. The smallest absolute Gasteiger partial charge is 0.195 e. The summed E-state index contributed by atoms with van der Waals surface area (Å²) in [7, 11) is 0. The highest BCUT2D eigenvalue weighted by Gasteiger charge is 2.42. The van der Waals surface area contributed by atoms with Crippen LogP contribution in [0.2, 0.25) is 0 Å². The highest BCUT2D eigenvalue weighted by molar-refractivity contribution is 6.03. The van der Waals surface area contributed by atoms with Crippen LogP contribution >= 0.6 is 0 Å². The normalized spacial score (nSPS) is 17.1. The predicted molar refractivity (Wildman–Crippen MR) is 112 cm³/mol. The number of rotatable bonds is 8. The number of carbonyl (C=O) groups is 1. The van der Waals surface area contributed by atoms with Gasteiger partial charge in [-0.25, -0.2) is 0 Å². The van der Waals surface area contributed by atoms with Crippen molar-refractivity contribution in [3.8, 4) is 17.2 Å². The average Bonchev–Trinajstić information content (AvgIpc) is 3.07. The van der Waals surface area contributed by atoms with E-state index in [1.807, 2.05) is 39.8 Å². The Labute approximate surface area is 172 Å². The summed E-state index contributed by atoms with van der Waals surface area (Å²) >= 11 is 0. The summed E-state index contributed by atoms with van der Waals surface area (Å²) in [5.41, 5.74) is 1.47. The molecule has 2 atom stereocenters. The summed E-state index contributed by atoms with van der Waals surface area (Å²) in [6, 6.07) is 0. The summed E-state index contributed by atoms with van der Waals surface area (Å²) in [6.07, 6.45) is 4.95. The second-order valence-corrected chi connectivity index (χ2v) is 8.41. The third kappa shape index (κ3) is 5.00. The lowest BCUT2D eigenvalue weighted by atomic mass is 9.88. The molecule has 2 unspecified atom stereocenters. The first-order chi connectivity index (χ1) is 13.5. The van der Waals surface area contributed by atoms with Crippen LogP contribution < -0.4 is 4.74 Å². The number of Topliss-reactive ketones (excluding diaryl/α,β-unsaturated/α-hetero) is 1. The predicted octanol–water partition coefficient (Wildman–Crippen LogP) is 3.58. The lowest BCUT2D eigenvalue weighted by molar-refractivity contribution is -0.0436. The summed E-state index contributed by atoms with van der Waals surface area (Å²) < 4.78 is 6.03. The van der Waals surface area contributed by atoms with Crippen LogP contribution in [0.4, 0.5) is 0 Å². The molecule has 6 nitrogen and oxygen atoms in total. The number of hydrogen-bond donors (Lipinski definition) is 4. The van der Waals surface area contributed by atoms with Gasteiger partial charge in [-0.05, 0) is 53.9 Å². The lowest BCUT2D eigenvalue weighted by Gasteiger charge is -2.29. The zero-order valence-electron chi connectivity index (χ0n) is 17.9. The van der Waals surface area contributed by atoms with E-state index in [4.69, 9.17) is 4.74 Å². The van der Waals surface area contributed by atoms with E-state index in [-0.39, 0.29) is 23.5 Å². The molecule has 0 saturated heterocycles. The van der Waals surface area contributed by atoms with Gasteiger partial charge in [-0.1, -0.05) is 23.3 Å². The van der Waals surface area contributed by atoms with Crippen LogP contribution in [0.3, 0.4) is 0 Å². The van der Waals surface area contributed by atoms with Crippen molar-refractivity contribution in [1.29, 1.82) is 0 Å². The third-order valence-corrected chi connectivity index (χ3v) is 5.28. The topological polar surface area (TPSA) is 107 Å². The number of aliphatic hydroxyl groups is 2. The van der Waals surface area contributed by atoms with Crippen molar-refractivity contribution in [3.63, 3.8) is 0 Å². The maximum absolute atomic E-state index is 12.1. The van der Waals surface area contributed by atoms with Crippen molar-refractivity contribution >= 4 is 5.78 Å². The maximum Gasteiger partial charge on any atom is 0.195 e. The molecule has 29 heavy (non-hydrogen) atoms. The molecule has 1 aliphatic rings. The van der Waals surface area contributed by atoms with E-state index in [9.17, 15) is 25.2 Å². The number of phenols is 2. The fourth-order valence-electron chi connectivity index (χ4n) is 3.51. The van der Waals surface area contributed by atoms with Crippen LogP contribution in [0.1, 0.15) is 68.9 Å². The van der Waals surface area contributed by atoms with Gasteiger partial charge in [0.2, 0.25) is 0 Å². The molecule has 0 radical (unpaired) electrons. The Morgan fingerprint density at radius 2 is 1.76 bits per heavy atom. The number of hydrogen-bond acceptors (Lipinski definition) is 6. The number of aromatic hydroxyl groups is 2. The molecule has 0 spiro atoms. The largest absolute Gasteiger partial charge is 0.507 e. The zero-order valence-corrected chi connectivity index (χ0v) is 17.9. The van der Waals surface area contributed by atoms with Crippen LogP contribution in [0.15, 0.2) is 23.3 Å². The molecule has 2 rings (SSSR count). The highest BCUT2D eigenvalue weighted by Crippen LogP contribution is 2.49. The molecule has 0 amide bonds. The first kappa shape index (κ1) is 23.0. The SMILES string of the molecule is CC(C)=CCCC(C)(O)C1Cc2c(O)c(C(=O)CO)c(O)c(CC=C(C)C)c2O1. The van der Waals surface area contributed by atoms with Gasteiger partial charge >= 0.3 is 0 Å². The first-order valence-electron chi connectivity index (χ1n) is 9.89. The number of ether oxygens (including phenoxy) is 1. The van der Waals surface area contributed by atoms with Gasteiger partial charge in [0, 0.05) is 17.5 Å². The third-order valence-electron chi connectivity index (χ3n) is 5.28. The highest BCUT2D eigenvalue weighted by atomic mass is 16.5. The molecule has 4 N–H and O–H groups in total. The van der Waals surface area contributed by atoms with Crippen LogP contribution in [-0.4, -0.2) is 44.5 Å². The molecule has 6 heteroatoms. The molecule has 1 aliphatic heterocycles. The molecule has 0 bridgehead atoms. The quantitative estimate of drug-likeness (QED) is 0.390. The van der Waals surface area contributed by atoms with Gasteiger partial charge < -0.3 is 25.2 Å². The molecule has 0 saturated carbocycles. The average molecular weight is 405 g/mol. The van der Waals surface area contributed by atoms with Gasteiger partial charge in [0.05, 0.1) is 5.60 Å². The summed E-state index contributed by atoms with van der Waals surface area (Å²) in [5.74, 6) is -1.23. The fraction of sp³-hybridized carbons (Fsp3) is 0.522. The molecule has 1 heterocycles. The minimum absolute atomic E-state index is 0.205. The van der Waals surface area contributed by atoms with Crippen LogP contribution in [0.25, 0.3) is 0 Å². The van der Waals surface area contributed by atoms with Crippen LogP contribution in [0, 0.1) is 0 Å². The van der Waals surface area contributed by atoms with Crippen molar-refractivity contribution in [1.82, 2.24) is 0 Å². The molecule has 160 valence electrons. The Kier molecular flexibility index (Phi) is 7.14. The number of aliphatic hydroxyl groups excluding tert-OH is 1. The lowest BCUT2D eigenvalue weighted by Crippen LogP contribution is -2.42. The number of allylic oxidation sites excluding steroid dienone is 4. The van der Waals surface area contributed by atoms with E-state index in [1.165, 1.54) is 0 Å². The standard InChI is InChI=1S/C23H32O6/c1-13(2)7-6-10-23(5,28)18-11-16-21(27)19(17(25)12-24)20(26)15(22(16)29-18)9-8-14(3)4/h7-8,18,24,26-28H,6,9-12H2,1-5H3. The Hall–Kier alpha value is -2.31. The van der Waals surface area contributed by atoms with Gasteiger partial charge in [0.25, 0.3) is 0 Å². The van der Waals surface area contributed by atoms with Crippen molar-refractivity contribution in [2.24, 2.45) is 0 Å². The molecule has 0 aromatic heterocycles. The fourth-order valence-corrected chi connectivity index (χ4v) is 3.51. The summed E-state index contributed by atoms with van der Waals surface area (Å²) in [5, 5.41) is 41.5. The Balaban J connectivity index is 2.48. The molecule has 0 fully saturated rings. The van der Waals surface area contributed by atoms with E-state index in [2.05, 4.69) is 0 Å². The minimum Gasteiger partial charge on any atom is -0.507 e. The Bertz CT molecular complexity index is 840.